The maximum absolute atomic E-state index is 5.27. The van der Waals surface area contributed by atoms with E-state index < -0.39 is 0 Å². The second-order valence-corrected chi connectivity index (χ2v) is 3.52. The van der Waals surface area contributed by atoms with E-state index in [2.05, 4.69) is 35.8 Å². The molecule has 0 aliphatic rings. The molecule has 0 aliphatic heterocycles. The molecule has 8 nitrogen and oxygen atoms in total. The molecule has 0 atom stereocenters. The van der Waals surface area contributed by atoms with Gasteiger partial charge >= 0.3 is 6.01 Å². The molecule has 2 aromatic rings. The highest BCUT2D eigenvalue weighted by atomic mass is 16.5. The van der Waals surface area contributed by atoms with Crippen molar-refractivity contribution < 1.29 is 4.74 Å². The Morgan fingerprint density at radius 3 is 2.74 bits per heavy atom. The van der Waals surface area contributed by atoms with Crippen LogP contribution in [0, 0.1) is 0 Å². The maximum Gasteiger partial charge on any atom is 0.323 e. The number of nitrogens with zero attached hydrogens (tertiary/aromatic N) is 5. The molecule has 0 aliphatic carbocycles. The first-order chi connectivity index (χ1) is 9.31. The Morgan fingerprint density at radius 2 is 2.05 bits per heavy atom. The van der Waals surface area contributed by atoms with Crippen molar-refractivity contribution in [1.29, 1.82) is 0 Å². The molecule has 2 heterocycles. The summed E-state index contributed by atoms with van der Waals surface area (Å²) in [6.45, 7) is 2.85. The fourth-order valence-electron chi connectivity index (χ4n) is 1.34. The molecular weight excluding hydrogens is 246 g/mol. The van der Waals surface area contributed by atoms with Crippen LogP contribution in [0.25, 0.3) is 0 Å². The van der Waals surface area contributed by atoms with Crippen molar-refractivity contribution in [2.75, 3.05) is 24.3 Å². The lowest BCUT2D eigenvalue weighted by atomic mass is 10.4. The summed E-state index contributed by atoms with van der Waals surface area (Å²) in [4.78, 5) is 12.4. The summed E-state index contributed by atoms with van der Waals surface area (Å²) < 4.78 is 5.27. The number of hydrogen-bond donors (Lipinski definition) is 2. The van der Waals surface area contributed by atoms with E-state index in [4.69, 9.17) is 4.74 Å². The van der Waals surface area contributed by atoms with Crippen LogP contribution in [0.4, 0.5) is 11.9 Å². The predicted octanol–water partition coefficient (Wildman–Crippen LogP) is 0.714. The third-order valence-corrected chi connectivity index (χ3v) is 2.17. The van der Waals surface area contributed by atoms with Crippen LogP contribution in [0.15, 0.2) is 18.3 Å². The molecule has 8 heteroatoms. The van der Waals surface area contributed by atoms with Crippen LogP contribution in [0.1, 0.15) is 12.6 Å². The van der Waals surface area contributed by atoms with Gasteiger partial charge in [0.15, 0.2) is 0 Å². The summed E-state index contributed by atoms with van der Waals surface area (Å²) >= 11 is 0. The normalized spacial score (nSPS) is 10.0. The molecule has 0 unspecified atom stereocenters. The van der Waals surface area contributed by atoms with Gasteiger partial charge < -0.3 is 15.4 Å². The lowest BCUT2D eigenvalue weighted by Gasteiger charge is -2.08. The Balaban J connectivity index is 2.08. The molecule has 2 rings (SSSR count). The number of ether oxygens (including phenoxy) is 1. The number of rotatable bonds is 6. The standard InChI is InChI=1S/C11H15N7O/c1-3-19-11-16-9(12-2)15-10(17-11)13-7-8-5-4-6-14-18-8/h4-6H,3,7H2,1-2H3,(H2,12,13,15,16,17). The van der Waals surface area contributed by atoms with Crippen molar-refractivity contribution in [1.82, 2.24) is 25.1 Å². The van der Waals surface area contributed by atoms with E-state index in [1.165, 1.54) is 0 Å². The van der Waals surface area contributed by atoms with Crippen LogP contribution < -0.4 is 15.4 Å². The molecule has 0 radical (unpaired) electrons. The Bertz CT molecular complexity index is 520. The van der Waals surface area contributed by atoms with E-state index in [9.17, 15) is 0 Å². The maximum atomic E-state index is 5.27. The lowest BCUT2D eigenvalue weighted by molar-refractivity contribution is 0.312. The molecule has 0 saturated carbocycles. The first-order valence-electron chi connectivity index (χ1n) is 5.89. The topological polar surface area (TPSA) is 97.7 Å². The van der Waals surface area contributed by atoms with Crippen LogP contribution in [0.5, 0.6) is 6.01 Å². The minimum absolute atomic E-state index is 0.281. The monoisotopic (exact) mass is 261 g/mol. The minimum atomic E-state index is 0.281. The summed E-state index contributed by atoms with van der Waals surface area (Å²) in [5, 5.41) is 13.7. The summed E-state index contributed by atoms with van der Waals surface area (Å²) in [7, 11) is 1.73. The van der Waals surface area contributed by atoms with Gasteiger partial charge in [0.25, 0.3) is 0 Å². The Morgan fingerprint density at radius 1 is 1.21 bits per heavy atom. The molecule has 2 aromatic heterocycles. The van der Waals surface area contributed by atoms with Crippen molar-refractivity contribution in [3.05, 3.63) is 24.0 Å². The van der Waals surface area contributed by atoms with E-state index in [0.29, 0.717) is 25.0 Å². The van der Waals surface area contributed by atoms with Gasteiger partial charge in [-0.05, 0) is 19.1 Å². The highest BCUT2D eigenvalue weighted by molar-refractivity contribution is 5.35. The fourth-order valence-corrected chi connectivity index (χ4v) is 1.34. The first kappa shape index (κ1) is 12.9. The van der Waals surface area contributed by atoms with E-state index in [1.807, 2.05) is 19.1 Å². The van der Waals surface area contributed by atoms with Crippen LogP contribution in [0.2, 0.25) is 0 Å². The molecule has 0 bridgehead atoms. The second kappa shape index (κ2) is 6.43. The smallest absolute Gasteiger partial charge is 0.323 e. The average molecular weight is 261 g/mol. The van der Waals surface area contributed by atoms with Gasteiger partial charge in [-0.3, -0.25) is 0 Å². The highest BCUT2D eigenvalue weighted by Gasteiger charge is 2.06. The summed E-state index contributed by atoms with van der Waals surface area (Å²) in [5.41, 5.74) is 0.798. The summed E-state index contributed by atoms with van der Waals surface area (Å²) in [6, 6.07) is 3.97. The van der Waals surface area contributed by atoms with Crippen molar-refractivity contribution in [2.45, 2.75) is 13.5 Å². The zero-order valence-corrected chi connectivity index (χ0v) is 10.8. The highest BCUT2D eigenvalue weighted by Crippen LogP contribution is 2.11. The summed E-state index contributed by atoms with van der Waals surface area (Å²) in [6.07, 6.45) is 1.62. The number of nitrogens with one attached hydrogen (secondary N) is 2. The number of aromatic nitrogens is 5. The van der Waals surface area contributed by atoms with E-state index >= 15 is 0 Å². The van der Waals surface area contributed by atoms with Gasteiger partial charge in [0.05, 0.1) is 18.8 Å². The fraction of sp³-hybridized carbons (Fsp3) is 0.364. The average Bonchev–Trinajstić information content (AvgIpc) is 2.46. The van der Waals surface area contributed by atoms with E-state index in [-0.39, 0.29) is 6.01 Å². The van der Waals surface area contributed by atoms with Gasteiger partial charge in [-0.2, -0.15) is 25.1 Å². The molecule has 0 amide bonds. The zero-order chi connectivity index (χ0) is 13.5. The molecule has 2 N–H and O–H groups in total. The van der Waals surface area contributed by atoms with Crippen LogP contribution >= 0.6 is 0 Å². The van der Waals surface area contributed by atoms with Gasteiger partial charge in [-0.15, -0.1) is 0 Å². The van der Waals surface area contributed by atoms with Crippen LogP contribution in [0.3, 0.4) is 0 Å². The SMILES string of the molecule is CCOc1nc(NC)nc(NCc2cccnn2)n1. The quantitative estimate of drug-likeness (QED) is 0.784. The van der Waals surface area contributed by atoms with Crippen LogP contribution in [-0.2, 0) is 6.54 Å². The largest absolute Gasteiger partial charge is 0.464 e. The van der Waals surface area contributed by atoms with Crippen molar-refractivity contribution in [3.63, 3.8) is 0 Å². The van der Waals surface area contributed by atoms with Gasteiger partial charge in [0.2, 0.25) is 11.9 Å². The van der Waals surface area contributed by atoms with Gasteiger partial charge in [0.1, 0.15) is 0 Å². The van der Waals surface area contributed by atoms with Gasteiger partial charge in [0, 0.05) is 13.2 Å². The Hall–Kier alpha value is -2.51. The first-order valence-corrected chi connectivity index (χ1v) is 5.89. The molecule has 0 spiro atoms. The molecular formula is C11H15N7O. The molecule has 0 saturated heterocycles. The molecule has 0 aromatic carbocycles. The molecule has 0 fully saturated rings. The zero-order valence-electron chi connectivity index (χ0n) is 10.8. The minimum Gasteiger partial charge on any atom is -0.464 e. The van der Waals surface area contributed by atoms with Crippen LogP contribution in [-0.4, -0.2) is 38.8 Å². The van der Waals surface area contributed by atoms with E-state index in [1.54, 1.807) is 13.2 Å². The van der Waals surface area contributed by atoms with Crippen molar-refractivity contribution >= 4 is 11.9 Å². The predicted molar refractivity (Wildman–Crippen MR) is 69.9 cm³/mol. The second-order valence-electron chi connectivity index (χ2n) is 3.52. The third-order valence-electron chi connectivity index (χ3n) is 2.17. The van der Waals surface area contributed by atoms with Gasteiger partial charge in [-0.1, -0.05) is 0 Å². The number of hydrogen-bond acceptors (Lipinski definition) is 8. The van der Waals surface area contributed by atoms with Crippen molar-refractivity contribution in [3.8, 4) is 6.01 Å². The number of anilines is 2. The third kappa shape index (κ3) is 3.73. The summed E-state index contributed by atoms with van der Waals surface area (Å²) in [5.74, 6) is 0.869. The Kier molecular flexibility index (Phi) is 4.38. The molecule has 19 heavy (non-hydrogen) atoms. The lowest BCUT2D eigenvalue weighted by Crippen LogP contribution is -2.10. The van der Waals surface area contributed by atoms with Crippen molar-refractivity contribution in [2.24, 2.45) is 0 Å². The Labute approximate surface area is 110 Å². The van der Waals surface area contributed by atoms with Gasteiger partial charge in [-0.25, -0.2) is 0 Å². The van der Waals surface area contributed by atoms with E-state index in [0.717, 1.165) is 5.69 Å². The molecule has 100 valence electrons.